The van der Waals surface area contributed by atoms with Gasteiger partial charge in [-0.1, -0.05) is 11.6 Å². The number of hydrogen-bond donors (Lipinski definition) is 2. The molecule has 84 valence electrons. The SMILES string of the molecule is NCC(c1ncc[nH]1)c1cc(Cl)ccc1F. The van der Waals surface area contributed by atoms with Gasteiger partial charge in [-0.15, -0.1) is 0 Å². The quantitative estimate of drug-likeness (QED) is 0.864. The molecule has 2 aromatic rings. The van der Waals surface area contributed by atoms with Gasteiger partial charge in [0.2, 0.25) is 0 Å². The predicted molar refractivity (Wildman–Crippen MR) is 60.9 cm³/mol. The van der Waals surface area contributed by atoms with Crippen LogP contribution in [-0.4, -0.2) is 16.5 Å². The summed E-state index contributed by atoms with van der Waals surface area (Å²) in [7, 11) is 0. The molecule has 3 N–H and O–H groups in total. The molecular formula is C11H11ClFN3. The van der Waals surface area contributed by atoms with Crippen molar-refractivity contribution in [3.63, 3.8) is 0 Å². The fourth-order valence-electron chi connectivity index (χ4n) is 1.64. The van der Waals surface area contributed by atoms with Crippen LogP contribution < -0.4 is 5.73 Å². The molecule has 0 amide bonds. The number of nitrogens with two attached hydrogens (primary N) is 1. The Morgan fingerprint density at radius 1 is 1.50 bits per heavy atom. The van der Waals surface area contributed by atoms with Gasteiger partial charge in [-0.25, -0.2) is 9.37 Å². The number of halogens is 2. The van der Waals surface area contributed by atoms with E-state index in [9.17, 15) is 4.39 Å². The maximum atomic E-state index is 13.6. The van der Waals surface area contributed by atoms with Crippen LogP contribution in [0.15, 0.2) is 30.6 Å². The molecule has 0 spiro atoms. The number of hydrogen-bond acceptors (Lipinski definition) is 2. The molecule has 1 atom stereocenters. The van der Waals surface area contributed by atoms with Gasteiger partial charge in [-0.05, 0) is 18.2 Å². The molecule has 16 heavy (non-hydrogen) atoms. The van der Waals surface area contributed by atoms with Gasteiger partial charge in [0.1, 0.15) is 11.6 Å². The highest BCUT2D eigenvalue weighted by molar-refractivity contribution is 6.30. The van der Waals surface area contributed by atoms with E-state index in [1.54, 1.807) is 18.5 Å². The molecule has 0 radical (unpaired) electrons. The van der Waals surface area contributed by atoms with Crippen LogP contribution in [0.1, 0.15) is 17.3 Å². The molecule has 0 fully saturated rings. The van der Waals surface area contributed by atoms with Crippen molar-refractivity contribution >= 4 is 11.6 Å². The number of nitrogens with one attached hydrogen (secondary N) is 1. The lowest BCUT2D eigenvalue weighted by atomic mass is 9.98. The Kier molecular flexibility index (Phi) is 3.22. The number of aromatic amines is 1. The Morgan fingerprint density at radius 3 is 2.94 bits per heavy atom. The number of benzene rings is 1. The van der Waals surface area contributed by atoms with Crippen LogP contribution in [0, 0.1) is 5.82 Å². The third kappa shape index (κ3) is 2.08. The minimum Gasteiger partial charge on any atom is -0.348 e. The molecule has 0 saturated carbocycles. The van der Waals surface area contributed by atoms with E-state index in [0.29, 0.717) is 16.4 Å². The first kappa shape index (κ1) is 11.1. The van der Waals surface area contributed by atoms with Crippen molar-refractivity contribution in [2.75, 3.05) is 6.54 Å². The van der Waals surface area contributed by atoms with Crippen molar-refractivity contribution in [2.24, 2.45) is 5.73 Å². The summed E-state index contributed by atoms with van der Waals surface area (Å²) in [4.78, 5) is 7.02. The zero-order valence-electron chi connectivity index (χ0n) is 8.45. The van der Waals surface area contributed by atoms with Gasteiger partial charge in [-0.3, -0.25) is 0 Å². The summed E-state index contributed by atoms with van der Waals surface area (Å²) in [5, 5.41) is 0.487. The molecule has 1 heterocycles. The van der Waals surface area contributed by atoms with E-state index in [4.69, 9.17) is 17.3 Å². The lowest BCUT2D eigenvalue weighted by molar-refractivity contribution is 0.592. The summed E-state index contributed by atoms with van der Waals surface area (Å²) in [6.07, 6.45) is 3.29. The molecule has 1 aromatic heterocycles. The minimum atomic E-state index is -0.323. The normalized spacial score (nSPS) is 12.7. The summed E-state index contributed by atoms with van der Waals surface area (Å²) < 4.78 is 13.6. The first-order valence-corrected chi connectivity index (χ1v) is 5.24. The Hall–Kier alpha value is -1.39. The van der Waals surface area contributed by atoms with Crippen LogP contribution in [-0.2, 0) is 0 Å². The summed E-state index contributed by atoms with van der Waals surface area (Å²) in [6, 6.07) is 4.43. The van der Waals surface area contributed by atoms with Crippen molar-refractivity contribution in [1.82, 2.24) is 9.97 Å². The van der Waals surface area contributed by atoms with Crippen molar-refractivity contribution < 1.29 is 4.39 Å². The Bertz CT molecular complexity index is 470. The van der Waals surface area contributed by atoms with E-state index in [1.807, 2.05) is 0 Å². The molecule has 5 heteroatoms. The van der Waals surface area contributed by atoms with E-state index in [0.717, 1.165) is 0 Å². The number of aromatic nitrogens is 2. The number of imidazole rings is 1. The van der Waals surface area contributed by atoms with Crippen LogP contribution in [0.3, 0.4) is 0 Å². The van der Waals surface area contributed by atoms with Gasteiger partial charge in [0.15, 0.2) is 0 Å². The maximum Gasteiger partial charge on any atom is 0.127 e. The number of nitrogens with zero attached hydrogens (tertiary/aromatic N) is 1. The average Bonchev–Trinajstić information content (AvgIpc) is 2.78. The zero-order valence-corrected chi connectivity index (χ0v) is 9.21. The van der Waals surface area contributed by atoms with Gasteiger partial charge in [0.25, 0.3) is 0 Å². The Labute approximate surface area is 97.5 Å². The van der Waals surface area contributed by atoms with E-state index in [1.165, 1.54) is 12.1 Å². The molecule has 0 saturated heterocycles. The second-order valence-electron chi connectivity index (χ2n) is 3.43. The highest BCUT2D eigenvalue weighted by atomic mass is 35.5. The molecule has 0 aliphatic rings. The average molecular weight is 240 g/mol. The van der Waals surface area contributed by atoms with Crippen LogP contribution >= 0.6 is 11.6 Å². The van der Waals surface area contributed by atoms with Crippen molar-refractivity contribution in [3.05, 3.63) is 52.8 Å². The van der Waals surface area contributed by atoms with Crippen LogP contribution in [0.4, 0.5) is 4.39 Å². The lowest BCUT2D eigenvalue weighted by Gasteiger charge is -2.13. The predicted octanol–water partition coefficient (Wildman–Crippen LogP) is 2.29. The highest BCUT2D eigenvalue weighted by Crippen LogP contribution is 2.26. The standard InChI is InChI=1S/C11H11ClFN3/c12-7-1-2-10(13)8(5-7)9(6-14)11-15-3-4-16-11/h1-5,9H,6,14H2,(H,15,16). The maximum absolute atomic E-state index is 13.6. The third-order valence-electron chi connectivity index (χ3n) is 2.42. The van der Waals surface area contributed by atoms with Crippen molar-refractivity contribution in [3.8, 4) is 0 Å². The molecule has 0 aliphatic heterocycles. The fraction of sp³-hybridized carbons (Fsp3) is 0.182. The molecule has 1 aromatic carbocycles. The summed E-state index contributed by atoms with van der Waals surface area (Å²) in [5.41, 5.74) is 6.11. The smallest absolute Gasteiger partial charge is 0.127 e. The van der Waals surface area contributed by atoms with Crippen LogP contribution in [0.5, 0.6) is 0 Å². The zero-order chi connectivity index (χ0) is 11.5. The van der Waals surface area contributed by atoms with Crippen molar-refractivity contribution in [2.45, 2.75) is 5.92 Å². The van der Waals surface area contributed by atoms with Gasteiger partial charge in [0, 0.05) is 29.5 Å². The van der Waals surface area contributed by atoms with E-state index in [-0.39, 0.29) is 18.3 Å². The second kappa shape index (κ2) is 4.63. The highest BCUT2D eigenvalue weighted by Gasteiger charge is 2.18. The van der Waals surface area contributed by atoms with E-state index < -0.39 is 0 Å². The Balaban J connectivity index is 2.44. The van der Waals surface area contributed by atoms with Gasteiger partial charge >= 0.3 is 0 Å². The monoisotopic (exact) mass is 239 g/mol. The van der Waals surface area contributed by atoms with Gasteiger partial charge in [0.05, 0.1) is 5.92 Å². The first-order valence-electron chi connectivity index (χ1n) is 4.86. The molecular weight excluding hydrogens is 229 g/mol. The van der Waals surface area contributed by atoms with Gasteiger partial charge < -0.3 is 10.7 Å². The molecule has 0 bridgehead atoms. The third-order valence-corrected chi connectivity index (χ3v) is 2.65. The van der Waals surface area contributed by atoms with Gasteiger partial charge in [-0.2, -0.15) is 0 Å². The molecule has 0 aliphatic carbocycles. The second-order valence-corrected chi connectivity index (χ2v) is 3.86. The van der Waals surface area contributed by atoms with E-state index >= 15 is 0 Å². The first-order chi connectivity index (χ1) is 7.72. The lowest BCUT2D eigenvalue weighted by Crippen LogP contribution is -2.16. The number of H-pyrrole nitrogens is 1. The molecule has 2 rings (SSSR count). The summed E-state index contributed by atoms with van der Waals surface area (Å²) in [6.45, 7) is 0.269. The van der Waals surface area contributed by atoms with Crippen molar-refractivity contribution in [1.29, 1.82) is 0 Å². The molecule has 3 nitrogen and oxygen atoms in total. The Morgan fingerprint density at radius 2 is 2.31 bits per heavy atom. The number of rotatable bonds is 3. The molecule has 1 unspecified atom stereocenters. The largest absolute Gasteiger partial charge is 0.348 e. The summed E-state index contributed by atoms with van der Waals surface area (Å²) in [5.74, 6) is 0.0219. The topological polar surface area (TPSA) is 54.7 Å². The van der Waals surface area contributed by atoms with Crippen LogP contribution in [0.2, 0.25) is 5.02 Å². The van der Waals surface area contributed by atoms with E-state index in [2.05, 4.69) is 9.97 Å². The summed E-state index contributed by atoms with van der Waals surface area (Å²) >= 11 is 5.84. The van der Waals surface area contributed by atoms with Crippen LogP contribution in [0.25, 0.3) is 0 Å². The minimum absolute atomic E-state index is 0.269. The fourth-order valence-corrected chi connectivity index (χ4v) is 1.82.